The first-order valence-corrected chi connectivity index (χ1v) is 10.0. The topological polar surface area (TPSA) is 81.2 Å². The van der Waals surface area contributed by atoms with Gasteiger partial charge in [0.15, 0.2) is 11.6 Å². The van der Waals surface area contributed by atoms with Crippen LogP contribution in [0.15, 0.2) is 42.7 Å². The third-order valence-corrected chi connectivity index (χ3v) is 5.50. The second kappa shape index (κ2) is 7.91. The van der Waals surface area contributed by atoms with E-state index in [0.29, 0.717) is 9.39 Å². The molecule has 2 heterocycles. The van der Waals surface area contributed by atoms with Crippen LogP contribution in [0.2, 0.25) is 0 Å². The van der Waals surface area contributed by atoms with Crippen LogP contribution < -0.4 is 5.32 Å². The van der Waals surface area contributed by atoms with Crippen molar-refractivity contribution in [2.24, 2.45) is 0 Å². The number of H-pyrrole nitrogens is 1. The average molecular weight is 528 g/mol. The van der Waals surface area contributed by atoms with Gasteiger partial charge in [0.2, 0.25) is 0 Å². The lowest BCUT2D eigenvalue weighted by atomic mass is 9.89. The van der Waals surface area contributed by atoms with E-state index >= 15 is 0 Å². The molecule has 1 aromatic heterocycles. The molecule has 0 radical (unpaired) electrons. The highest BCUT2D eigenvalue weighted by Crippen LogP contribution is 2.32. The Morgan fingerprint density at radius 3 is 2.67 bits per heavy atom. The summed E-state index contributed by atoms with van der Waals surface area (Å²) in [5.74, 6) is -3.15. The summed E-state index contributed by atoms with van der Waals surface area (Å²) in [6.45, 7) is 0.00568. The fourth-order valence-electron chi connectivity index (χ4n) is 3.37. The molecule has 3 aromatic rings. The molecule has 0 bridgehead atoms. The maximum absolute atomic E-state index is 14.5. The number of halogens is 4. The van der Waals surface area contributed by atoms with Gasteiger partial charge in [-0.05, 0) is 52.9 Å². The number of imidazole rings is 1. The van der Waals surface area contributed by atoms with Crippen LogP contribution in [0.25, 0.3) is 0 Å². The van der Waals surface area contributed by atoms with E-state index < -0.39 is 34.6 Å². The number of aromatic amines is 1. The number of nitrogens with zero attached hydrogens (tertiary/aromatic N) is 2. The number of aliphatic hydroxyl groups is 1. The van der Waals surface area contributed by atoms with Crippen molar-refractivity contribution in [3.63, 3.8) is 0 Å². The maximum Gasteiger partial charge on any atom is 0.256 e. The van der Waals surface area contributed by atoms with Crippen molar-refractivity contribution in [1.29, 1.82) is 0 Å². The minimum absolute atomic E-state index is 0.00284. The number of nitrogens with one attached hydrogen (secondary N) is 2. The zero-order chi connectivity index (χ0) is 21.5. The Balaban J connectivity index is 1.57. The molecule has 1 aliphatic heterocycles. The van der Waals surface area contributed by atoms with Crippen LogP contribution in [0.5, 0.6) is 0 Å². The summed E-state index contributed by atoms with van der Waals surface area (Å²) in [4.78, 5) is 21.1. The zero-order valence-electron chi connectivity index (χ0n) is 15.4. The zero-order valence-corrected chi connectivity index (χ0v) is 17.6. The summed E-state index contributed by atoms with van der Waals surface area (Å²) in [5.41, 5.74) is -1.87. The van der Waals surface area contributed by atoms with Crippen LogP contribution >= 0.6 is 22.6 Å². The van der Waals surface area contributed by atoms with Gasteiger partial charge < -0.3 is 20.3 Å². The van der Waals surface area contributed by atoms with Gasteiger partial charge in [-0.1, -0.05) is 0 Å². The number of amides is 1. The number of aromatic nitrogens is 2. The Labute approximate surface area is 183 Å². The van der Waals surface area contributed by atoms with E-state index in [4.69, 9.17) is 0 Å². The lowest BCUT2D eigenvalue weighted by molar-refractivity contribution is -0.0809. The molecule has 156 valence electrons. The van der Waals surface area contributed by atoms with E-state index in [1.807, 2.05) is 22.6 Å². The average Bonchev–Trinajstić information content (AvgIpc) is 3.17. The molecule has 1 saturated heterocycles. The highest BCUT2D eigenvalue weighted by Gasteiger charge is 2.45. The third kappa shape index (κ3) is 4.01. The standard InChI is InChI=1S/C20H16F3IN4O2/c21-13-3-2-12(18(17(13)23)27-15-4-1-11(24)7-14(15)22)19(29)28-9-20(30,10-28)8-16-25-5-6-26-16/h1-7,27,30H,8-10H2,(H,25,26). The van der Waals surface area contributed by atoms with Crippen LogP contribution in [0.1, 0.15) is 16.2 Å². The minimum Gasteiger partial charge on any atom is -0.386 e. The summed E-state index contributed by atoms with van der Waals surface area (Å²) in [5, 5.41) is 13.1. The van der Waals surface area contributed by atoms with E-state index in [1.165, 1.54) is 17.0 Å². The Morgan fingerprint density at radius 2 is 2.00 bits per heavy atom. The SMILES string of the molecule is O=C(c1ccc(F)c(F)c1Nc1ccc(I)cc1F)N1CC(O)(Cc2ncc[nH]2)C1. The largest absolute Gasteiger partial charge is 0.386 e. The first kappa shape index (κ1) is 20.7. The van der Waals surface area contributed by atoms with Crippen LogP contribution in [0.4, 0.5) is 24.5 Å². The molecule has 1 amide bonds. The molecular weight excluding hydrogens is 512 g/mol. The van der Waals surface area contributed by atoms with E-state index in [0.717, 1.165) is 12.1 Å². The molecule has 4 rings (SSSR count). The highest BCUT2D eigenvalue weighted by molar-refractivity contribution is 14.1. The van der Waals surface area contributed by atoms with Crippen molar-refractivity contribution in [2.75, 3.05) is 18.4 Å². The maximum atomic E-state index is 14.5. The van der Waals surface area contributed by atoms with Crippen molar-refractivity contribution in [1.82, 2.24) is 14.9 Å². The van der Waals surface area contributed by atoms with Gasteiger partial charge in [-0.15, -0.1) is 0 Å². The molecule has 0 unspecified atom stereocenters. The molecular formula is C20H16F3IN4O2. The predicted octanol–water partition coefficient (Wildman–Crippen LogP) is 3.60. The van der Waals surface area contributed by atoms with Crippen molar-refractivity contribution in [3.05, 3.63) is 75.1 Å². The second-order valence-electron chi connectivity index (χ2n) is 7.13. The number of anilines is 2. The fraction of sp³-hybridized carbons (Fsp3) is 0.200. The quantitative estimate of drug-likeness (QED) is 0.443. The van der Waals surface area contributed by atoms with E-state index in [-0.39, 0.29) is 30.8 Å². The van der Waals surface area contributed by atoms with Crippen molar-refractivity contribution in [3.8, 4) is 0 Å². The molecule has 1 fully saturated rings. The minimum atomic E-state index is -1.29. The number of benzene rings is 2. The summed E-state index contributed by atoms with van der Waals surface area (Å²) < 4.78 is 43.2. The number of carbonyl (C=O) groups excluding carboxylic acids is 1. The number of rotatable bonds is 5. The number of likely N-dealkylation sites (tertiary alicyclic amines) is 1. The first-order chi connectivity index (χ1) is 14.3. The molecule has 0 saturated carbocycles. The Bertz CT molecular complexity index is 1100. The molecule has 0 atom stereocenters. The van der Waals surface area contributed by atoms with Gasteiger partial charge >= 0.3 is 0 Å². The monoisotopic (exact) mass is 528 g/mol. The summed E-state index contributed by atoms with van der Waals surface area (Å²) >= 11 is 1.92. The third-order valence-electron chi connectivity index (χ3n) is 4.82. The molecule has 2 aromatic carbocycles. The van der Waals surface area contributed by atoms with Gasteiger partial charge in [0.05, 0.1) is 30.0 Å². The summed E-state index contributed by atoms with van der Waals surface area (Å²) in [7, 11) is 0. The number of hydrogen-bond donors (Lipinski definition) is 3. The lowest BCUT2D eigenvalue weighted by Gasteiger charge is -2.46. The first-order valence-electron chi connectivity index (χ1n) is 8.96. The highest BCUT2D eigenvalue weighted by atomic mass is 127. The van der Waals surface area contributed by atoms with Gasteiger partial charge in [-0.2, -0.15) is 0 Å². The number of β-amino-alcohol motifs (C(OH)–C–C–N with tert-alkyl or cyclic N) is 1. The van der Waals surface area contributed by atoms with Crippen molar-refractivity contribution >= 4 is 39.9 Å². The molecule has 0 spiro atoms. The number of hydrogen-bond acceptors (Lipinski definition) is 4. The predicted molar refractivity (Wildman–Crippen MR) is 112 cm³/mol. The molecule has 10 heteroatoms. The molecule has 3 N–H and O–H groups in total. The van der Waals surface area contributed by atoms with Gasteiger partial charge in [-0.3, -0.25) is 4.79 Å². The van der Waals surface area contributed by atoms with Crippen LogP contribution in [-0.2, 0) is 6.42 Å². The van der Waals surface area contributed by atoms with Crippen LogP contribution in [0.3, 0.4) is 0 Å². The number of carbonyl (C=O) groups is 1. The second-order valence-corrected chi connectivity index (χ2v) is 8.38. The Hall–Kier alpha value is -2.60. The smallest absolute Gasteiger partial charge is 0.256 e. The molecule has 30 heavy (non-hydrogen) atoms. The van der Waals surface area contributed by atoms with Crippen LogP contribution in [-0.4, -0.2) is 44.6 Å². The van der Waals surface area contributed by atoms with E-state index in [2.05, 4.69) is 15.3 Å². The lowest BCUT2D eigenvalue weighted by Crippen LogP contribution is -2.64. The Kier molecular flexibility index (Phi) is 5.45. The molecule has 6 nitrogen and oxygen atoms in total. The van der Waals surface area contributed by atoms with E-state index in [1.54, 1.807) is 18.5 Å². The van der Waals surface area contributed by atoms with Gasteiger partial charge in [-0.25, -0.2) is 18.2 Å². The Morgan fingerprint density at radius 1 is 1.23 bits per heavy atom. The van der Waals surface area contributed by atoms with Crippen molar-refractivity contribution < 1.29 is 23.1 Å². The van der Waals surface area contributed by atoms with Gasteiger partial charge in [0.25, 0.3) is 5.91 Å². The fourth-order valence-corrected chi connectivity index (χ4v) is 3.83. The summed E-state index contributed by atoms with van der Waals surface area (Å²) in [6, 6.07) is 6.17. The summed E-state index contributed by atoms with van der Waals surface area (Å²) in [6.07, 6.45) is 3.41. The van der Waals surface area contributed by atoms with Crippen molar-refractivity contribution in [2.45, 2.75) is 12.0 Å². The van der Waals surface area contributed by atoms with Crippen LogP contribution in [0, 0.1) is 21.0 Å². The normalized spacial score (nSPS) is 15.0. The van der Waals surface area contributed by atoms with E-state index in [9.17, 15) is 23.1 Å². The molecule has 1 aliphatic rings. The van der Waals surface area contributed by atoms with Gasteiger partial charge in [0, 0.05) is 22.4 Å². The van der Waals surface area contributed by atoms with Gasteiger partial charge in [0.1, 0.15) is 17.2 Å². The molecule has 0 aliphatic carbocycles.